The van der Waals surface area contributed by atoms with E-state index in [0.29, 0.717) is 5.75 Å². The standard InChI is InChI=1S/C12H14O4/c1-3-14-12(15-4-2)9-16-11-7-5-6-10(13)8-11/h3-8,12-13H,1-2,9H2. The molecular weight excluding hydrogens is 208 g/mol. The Morgan fingerprint density at radius 3 is 2.50 bits per heavy atom. The molecule has 0 fully saturated rings. The number of phenolic OH excluding ortho intramolecular Hbond substituents is 1. The number of hydrogen-bond acceptors (Lipinski definition) is 4. The third-order valence-corrected chi connectivity index (χ3v) is 1.70. The summed E-state index contributed by atoms with van der Waals surface area (Å²) in [5.74, 6) is 0.675. The summed E-state index contributed by atoms with van der Waals surface area (Å²) in [5.41, 5.74) is 0. The zero-order chi connectivity index (χ0) is 11.8. The summed E-state index contributed by atoms with van der Waals surface area (Å²) in [6.45, 7) is 7.01. The van der Waals surface area contributed by atoms with E-state index in [0.717, 1.165) is 0 Å². The third-order valence-electron chi connectivity index (χ3n) is 1.70. The Morgan fingerprint density at radius 1 is 1.25 bits per heavy atom. The minimum Gasteiger partial charge on any atom is -0.508 e. The first-order chi connectivity index (χ1) is 7.76. The lowest BCUT2D eigenvalue weighted by atomic mass is 10.3. The Morgan fingerprint density at radius 2 is 1.94 bits per heavy atom. The molecule has 0 saturated heterocycles. The van der Waals surface area contributed by atoms with Crippen LogP contribution in [0.3, 0.4) is 0 Å². The molecule has 0 unspecified atom stereocenters. The normalized spacial score (nSPS) is 9.56. The smallest absolute Gasteiger partial charge is 0.273 e. The summed E-state index contributed by atoms with van der Waals surface area (Å²) in [4.78, 5) is 0. The molecule has 1 aromatic carbocycles. The molecule has 4 heteroatoms. The second kappa shape index (κ2) is 6.40. The number of phenols is 1. The highest BCUT2D eigenvalue weighted by atomic mass is 16.7. The van der Waals surface area contributed by atoms with Gasteiger partial charge in [0.2, 0.25) is 0 Å². The number of aromatic hydroxyl groups is 1. The zero-order valence-electron chi connectivity index (χ0n) is 8.83. The fraction of sp³-hybridized carbons (Fsp3) is 0.167. The van der Waals surface area contributed by atoms with Crippen LogP contribution in [-0.4, -0.2) is 18.0 Å². The van der Waals surface area contributed by atoms with Crippen molar-refractivity contribution in [3.8, 4) is 11.5 Å². The highest BCUT2D eigenvalue weighted by Gasteiger charge is 2.08. The maximum Gasteiger partial charge on any atom is 0.273 e. The van der Waals surface area contributed by atoms with Gasteiger partial charge < -0.3 is 19.3 Å². The molecule has 0 bridgehead atoms. The van der Waals surface area contributed by atoms with Crippen molar-refractivity contribution in [1.29, 1.82) is 0 Å². The van der Waals surface area contributed by atoms with Gasteiger partial charge in [-0.3, -0.25) is 0 Å². The predicted octanol–water partition coefficient (Wildman–Crippen LogP) is 2.42. The van der Waals surface area contributed by atoms with Crippen LogP contribution in [0.2, 0.25) is 0 Å². The Balaban J connectivity index is 2.47. The van der Waals surface area contributed by atoms with Gasteiger partial charge in [0, 0.05) is 6.07 Å². The minimum atomic E-state index is -0.600. The number of benzene rings is 1. The van der Waals surface area contributed by atoms with Crippen molar-refractivity contribution in [2.75, 3.05) is 6.61 Å². The minimum absolute atomic E-state index is 0.142. The summed E-state index contributed by atoms with van der Waals surface area (Å²) in [7, 11) is 0. The van der Waals surface area contributed by atoms with Gasteiger partial charge in [-0.25, -0.2) is 0 Å². The SMILES string of the molecule is C=COC(COc1cccc(O)c1)OC=C. The molecule has 4 nitrogen and oxygen atoms in total. The van der Waals surface area contributed by atoms with E-state index in [1.807, 2.05) is 0 Å². The summed E-state index contributed by atoms with van der Waals surface area (Å²) in [6, 6.07) is 6.46. The molecule has 16 heavy (non-hydrogen) atoms. The van der Waals surface area contributed by atoms with E-state index in [2.05, 4.69) is 13.2 Å². The van der Waals surface area contributed by atoms with E-state index in [9.17, 15) is 5.11 Å². The molecule has 0 aliphatic heterocycles. The second-order valence-electron chi connectivity index (χ2n) is 2.84. The van der Waals surface area contributed by atoms with Gasteiger partial charge in [-0.1, -0.05) is 19.2 Å². The van der Waals surface area contributed by atoms with Crippen molar-refractivity contribution in [2.45, 2.75) is 6.29 Å². The summed E-state index contributed by atoms with van der Waals surface area (Å²) in [6.07, 6.45) is 1.93. The van der Waals surface area contributed by atoms with Crippen molar-refractivity contribution in [1.82, 2.24) is 0 Å². The van der Waals surface area contributed by atoms with Crippen LogP contribution >= 0.6 is 0 Å². The van der Waals surface area contributed by atoms with Crippen LogP contribution in [0.5, 0.6) is 11.5 Å². The predicted molar refractivity (Wildman–Crippen MR) is 60.0 cm³/mol. The summed E-state index contributed by atoms with van der Waals surface area (Å²) >= 11 is 0. The maximum atomic E-state index is 9.21. The van der Waals surface area contributed by atoms with E-state index < -0.39 is 6.29 Å². The summed E-state index contributed by atoms with van der Waals surface area (Å²) < 4.78 is 15.4. The fourth-order valence-electron chi connectivity index (χ4n) is 1.06. The fourth-order valence-corrected chi connectivity index (χ4v) is 1.06. The molecule has 0 atom stereocenters. The maximum absolute atomic E-state index is 9.21. The average Bonchev–Trinajstić information content (AvgIpc) is 2.27. The molecule has 1 aromatic rings. The van der Waals surface area contributed by atoms with Gasteiger partial charge in [0.05, 0.1) is 12.5 Å². The van der Waals surface area contributed by atoms with Gasteiger partial charge >= 0.3 is 0 Å². The molecule has 1 rings (SSSR count). The van der Waals surface area contributed by atoms with Gasteiger partial charge in [-0.15, -0.1) is 0 Å². The van der Waals surface area contributed by atoms with E-state index in [1.165, 1.54) is 18.6 Å². The van der Waals surface area contributed by atoms with Crippen LogP contribution < -0.4 is 4.74 Å². The van der Waals surface area contributed by atoms with E-state index in [4.69, 9.17) is 14.2 Å². The number of hydrogen-bond donors (Lipinski definition) is 1. The highest BCUT2D eigenvalue weighted by Crippen LogP contribution is 2.18. The van der Waals surface area contributed by atoms with Crippen molar-refractivity contribution >= 4 is 0 Å². The van der Waals surface area contributed by atoms with E-state index in [-0.39, 0.29) is 12.4 Å². The molecule has 0 radical (unpaired) electrons. The van der Waals surface area contributed by atoms with Gasteiger partial charge in [-0.05, 0) is 12.1 Å². The quantitative estimate of drug-likeness (QED) is 0.568. The molecule has 0 amide bonds. The van der Waals surface area contributed by atoms with Crippen molar-refractivity contribution in [3.63, 3.8) is 0 Å². The number of ether oxygens (including phenoxy) is 3. The Labute approximate surface area is 94.4 Å². The molecular formula is C12H14O4. The Hall–Kier alpha value is -2.10. The van der Waals surface area contributed by atoms with E-state index >= 15 is 0 Å². The van der Waals surface area contributed by atoms with Gasteiger partial charge in [-0.2, -0.15) is 0 Å². The van der Waals surface area contributed by atoms with Crippen LogP contribution in [0.1, 0.15) is 0 Å². The van der Waals surface area contributed by atoms with E-state index in [1.54, 1.807) is 18.2 Å². The van der Waals surface area contributed by atoms with Crippen LogP contribution in [0.4, 0.5) is 0 Å². The van der Waals surface area contributed by atoms with Crippen LogP contribution in [0.25, 0.3) is 0 Å². The van der Waals surface area contributed by atoms with Crippen molar-refractivity contribution in [2.24, 2.45) is 0 Å². The largest absolute Gasteiger partial charge is 0.508 e. The first-order valence-corrected chi connectivity index (χ1v) is 4.71. The average molecular weight is 222 g/mol. The lowest BCUT2D eigenvalue weighted by molar-refractivity contribution is -0.0849. The molecule has 0 aromatic heterocycles. The van der Waals surface area contributed by atoms with Crippen LogP contribution in [0.15, 0.2) is 49.9 Å². The molecule has 0 spiro atoms. The third kappa shape index (κ3) is 3.96. The second-order valence-corrected chi connectivity index (χ2v) is 2.84. The molecule has 1 N–H and O–H groups in total. The van der Waals surface area contributed by atoms with Crippen molar-refractivity contribution in [3.05, 3.63) is 49.9 Å². The zero-order valence-corrected chi connectivity index (χ0v) is 8.83. The monoisotopic (exact) mass is 222 g/mol. The summed E-state index contributed by atoms with van der Waals surface area (Å²) in [5, 5.41) is 9.21. The Kier molecular flexibility index (Phi) is 4.79. The van der Waals surface area contributed by atoms with Crippen LogP contribution in [-0.2, 0) is 9.47 Å². The number of rotatable bonds is 7. The first kappa shape index (κ1) is 12.0. The topological polar surface area (TPSA) is 47.9 Å². The lowest BCUT2D eigenvalue weighted by Gasteiger charge is -2.16. The molecule has 0 aliphatic carbocycles. The first-order valence-electron chi connectivity index (χ1n) is 4.71. The molecule has 0 heterocycles. The molecule has 0 saturated carbocycles. The highest BCUT2D eigenvalue weighted by molar-refractivity contribution is 5.31. The lowest BCUT2D eigenvalue weighted by Crippen LogP contribution is -2.21. The van der Waals surface area contributed by atoms with Gasteiger partial charge in [0.15, 0.2) is 6.61 Å². The van der Waals surface area contributed by atoms with Crippen LogP contribution in [0, 0.1) is 0 Å². The molecule has 86 valence electrons. The van der Waals surface area contributed by atoms with Gasteiger partial charge in [0.25, 0.3) is 6.29 Å². The van der Waals surface area contributed by atoms with Gasteiger partial charge in [0.1, 0.15) is 11.5 Å². The Bertz CT molecular complexity index is 339. The van der Waals surface area contributed by atoms with Crippen molar-refractivity contribution < 1.29 is 19.3 Å². The molecule has 0 aliphatic rings.